The van der Waals surface area contributed by atoms with Crippen LogP contribution >= 0.6 is 0 Å². The molecule has 1 aliphatic rings. The van der Waals surface area contributed by atoms with Crippen molar-refractivity contribution in [3.63, 3.8) is 0 Å². The summed E-state index contributed by atoms with van der Waals surface area (Å²) in [6.45, 7) is 2.24. The number of non-ortho nitro benzene ring substituents is 1. The van der Waals surface area contributed by atoms with Gasteiger partial charge in [0.25, 0.3) is 5.69 Å². The van der Waals surface area contributed by atoms with E-state index in [4.69, 9.17) is 9.47 Å². The number of ether oxygens (including phenoxy) is 2. The van der Waals surface area contributed by atoms with Crippen LogP contribution in [-0.2, 0) is 20.6 Å². The van der Waals surface area contributed by atoms with Crippen LogP contribution in [0.5, 0.6) is 11.5 Å². The predicted molar refractivity (Wildman–Crippen MR) is 109 cm³/mol. The average Bonchev–Trinajstić information content (AvgIpc) is 2.72. The zero-order valence-electron chi connectivity index (χ0n) is 16.2. The summed E-state index contributed by atoms with van der Waals surface area (Å²) >= 11 is 0. The van der Waals surface area contributed by atoms with Crippen molar-refractivity contribution in [3.8, 4) is 11.5 Å². The number of anilines is 1. The van der Waals surface area contributed by atoms with Gasteiger partial charge in [-0.3, -0.25) is 14.9 Å². The summed E-state index contributed by atoms with van der Waals surface area (Å²) < 4.78 is 37.4. The first kappa shape index (κ1) is 21.5. The second-order valence-electron chi connectivity index (χ2n) is 6.51. The summed E-state index contributed by atoms with van der Waals surface area (Å²) in [4.78, 5) is 22.6. The molecule has 1 heterocycles. The molecule has 30 heavy (non-hydrogen) atoms. The molecule has 0 unspecified atom stereocenters. The highest BCUT2D eigenvalue weighted by Gasteiger charge is 2.24. The zero-order chi connectivity index (χ0) is 21.7. The number of carbonyl (C=O) groups excluding carboxylic acids is 1. The smallest absolute Gasteiger partial charge is 0.269 e. The maximum atomic E-state index is 12.7. The van der Waals surface area contributed by atoms with Gasteiger partial charge in [-0.05, 0) is 17.7 Å². The lowest BCUT2D eigenvalue weighted by Crippen LogP contribution is -2.38. The Bertz CT molecular complexity index is 1040. The van der Waals surface area contributed by atoms with E-state index in [-0.39, 0.29) is 24.5 Å². The van der Waals surface area contributed by atoms with Gasteiger partial charge >= 0.3 is 0 Å². The van der Waals surface area contributed by atoms with Crippen molar-refractivity contribution >= 4 is 27.3 Å². The van der Waals surface area contributed by atoms with Crippen LogP contribution < -0.4 is 14.8 Å². The molecule has 10 nitrogen and oxygen atoms in total. The fraction of sp³-hybridized carbons (Fsp3) is 0.316. The molecule has 160 valence electrons. The van der Waals surface area contributed by atoms with Gasteiger partial charge in [-0.1, -0.05) is 19.1 Å². The maximum Gasteiger partial charge on any atom is 0.269 e. The van der Waals surface area contributed by atoms with Crippen molar-refractivity contribution in [2.45, 2.75) is 12.7 Å². The molecule has 0 saturated heterocycles. The molecule has 0 aliphatic carbocycles. The number of likely N-dealkylation sites (N-methyl/N-ethyl adjacent to an activating group) is 1. The summed E-state index contributed by atoms with van der Waals surface area (Å²) in [6.07, 6.45) is 0. The molecule has 0 bridgehead atoms. The molecule has 11 heteroatoms. The number of nitrogens with zero attached hydrogens (tertiary/aromatic N) is 2. The van der Waals surface area contributed by atoms with Crippen LogP contribution in [0.4, 0.5) is 11.4 Å². The van der Waals surface area contributed by atoms with E-state index in [1.807, 2.05) is 0 Å². The summed E-state index contributed by atoms with van der Waals surface area (Å²) in [7, 11) is -3.80. The lowest BCUT2D eigenvalue weighted by Gasteiger charge is -2.21. The molecule has 0 aromatic heterocycles. The molecule has 0 radical (unpaired) electrons. The minimum Gasteiger partial charge on any atom is -0.486 e. The fourth-order valence-corrected chi connectivity index (χ4v) is 4.41. The van der Waals surface area contributed by atoms with Crippen LogP contribution in [0, 0.1) is 10.1 Å². The van der Waals surface area contributed by atoms with Crippen molar-refractivity contribution in [2.75, 3.05) is 31.6 Å². The van der Waals surface area contributed by atoms with Crippen molar-refractivity contribution < 1.29 is 27.6 Å². The number of hydrogen-bond acceptors (Lipinski definition) is 7. The number of hydrogen-bond donors (Lipinski definition) is 1. The second-order valence-corrected chi connectivity index (χ2v) is 8.48. The lowest BCUT2D eigenvalue weighted by molar-refractivity contribution is -0.384. The Morgan fingerprint density at radius 2 is 1.80 bits per heavy atom. The highest BCUT2D eigenvalue weighted by molar-refractivity contribution is 7.88. The van der Waals surface area contributed by atoms with Crippen LogP contribution in [0.1, 0.15) is 12.5 Å². The number of fused-ring (bicyclic) bond motifs is 1. The normalized spacial score (nSPS) is 13.1. The van der Waals surface area contributed by atoms with E-state index in [1.165, 1.54) is 24.3 Å². The van der Waals surface area contributed by atoms with Gasteiger partial charge < -0.3 is 14.8 Å². The number of benzene rings is 2. The third-order valence-electron chi connectivity index (χ3n) is 4.39. The van der Waals surface area contributed by atoms with E-state index in [0.29, 0.717) is 36.0 Å². The summed E-state index contributed by atoms with van der Waals surface area (Å²) in [5, 5.41) is 13.4. The summed E-state index contributed by atoms with van der Waals surface area (Å²) in [6, 6.07) is 10.2. The van der Waals surface area contributed by atoms with Crippen LogP contribution in [0.3, 0.4) is 0 Å². The third-order valence-corrected chi connectivity index (χ3v) is 6.26. The maximum absolute atomic E-state index is 12.7. The van der Waals surface area contributed by atoms with Gasteiger partial charge in [0, 0.05) is 30.4 Å². The van der Waals surface area contributed by atoms with E-state index in [1.54, 1.807) is 25.1 Å². The SMILES string of the molecule is CCN(CC(=O)Nc1ccc2c(c1)OCCO2)S(=O)(=O)Cc1ccc([N+](=O)[O-])cc1. The van der Waals surface area contributed by atoms with Crippen molar-refractivity contribution in [1.29, 1.82) is 0 Å². The topological polar surface area (TPSA) is 128 Å². The Hall–Kier alpha value is -3.18. The van der Waals surface area contributed by atoms with Gasteiger partial charge in [-0.25, -0.2) is 8.42 Å². The number of nitro benzene ring substituents is 1. The van der Waals surface area contributed by atoms with E-state index in [2.05, 4.69) is 5.32 Å². The van der Waals surface area contributed by atoms with Crippen LogP contribution in [0.15, 0.2) is 42.5 Å². The fourth-order valence-electron chi connectivity index (χ4n) is 2.90. The predicted octanol–water partition coefficient (Wildman–Crippen LogP) is 2.16. The van der Waals surface area contributed by atoms with Crippen molar-refractivity contribution in [2.24, 2.45) is 0 Å². The molecule has 0 fully saturated rings. The average molecular weight is 435 g/mol. The van der Waals surface area contributed by atoms with E-state index >= 15 is 0 Å². The van der Waals surface area contributed by atoms with Crippen LogP contribution in [0.25, 0.3) is 0 Å². The molecule has 2 aromatic rings. The number of nitro groups is 1. The first-order valence-corrected chi connectivity index (χ1v) is 10.8. The number of nitrogens with one attached hydrogen (secondary N) is 1. The minimum atomic E-state index is -3.80. The van der Waals surface area contributed by atoms with Crippen LogP contribution in [-0.4, -0.2) is 49.9 Å². The van der Waals surface area contributed by atoms with Gasteiger partial charge in [0.2, 0.25) is 15.9 Å². The molecule has 0 spiro atoms. The molecule has 0 atom stereocenters. The molecule has 1 amide bonds. The van der Waals surface area contributed by atoms with Gasteiger partial charge in [-0.2, -0.15) is 4.31 Å². The van der Waals surface area contributed by atoms with Gasteiger partial charge in [0.15, 0.2) is 11.5 Å². The van der Waals surface area contributed by atoms with Gasteiger partial charge in [-0.15, -0.1) is 0 Å². The number of amides is 1. The summed E-state index contributed by atoms with van der Waals surface area (Å²) in [5.41, 5.74) is 0.738. The van der Waals surface area contributed by atoms with Crippen molar-refractivity contribution in [3.05, 3.63) is 58.1 Å². The molecule has 2 aromatic carbocycles. The Morgan fingerprint density at radius 1 is 1.13 bits per heavy atom. The molecule has 1 N–H and O–H groups in total. The molecule has 0 saturated carbocycles. The highest BCUT2D eigenvalue weighted by atomic mass is 32.2. The Morgan fingerprint density at radius 3 is 2.43 bits per heavy atom. The number of rotatable bonds is 8. The van der Waals surface area contributed by atoms with E-state index in [9.17, 15) is 23.3 Å². The molecular weight excluding hydrogens is 414 g/mol. The highest BCUT2D eigenvalue weighted by Crippen LogP contribution is 2.32. The number of sulfonamides is 1. The quantitative estimate of drug-likeness (QED) is 0.497. The standard InChI is InChI=1S/C19H21N3O7S/c1-2-21(30(26,27)13-14-3-6-16(7-4-14)22(24)25)12-19(23)20-15-5-8-17-18(11-15)29-10-9-28-17/h3-8,11H,2,9-10,12-13H2,1H3,(H,20,23). The van der Waals surface area contributed by atoms with E-state index < -0.39 is 20.9 Å². The van der Waals surface area contributed by atoms with E-state index in [0.717, 1.165) is 4.31 Å². The monoisotopic (exact) mass is 435 g/mol. The Balaban J connectivity index is 1.64. The first-order chi connectivity index (χ1) is 14.3. The number of carbonyl (C=O) groups is 1. The lowest BCUT2D eigenvalue weighted by atomic mass is 10.2. The molecule has 3 rings (SSSR count). The Labute approximate surface area is 173 Å². The molecular formula is C19H21N3O7S. The molecule has 1 aliphatic heterocycles. The van der Waals surface area contributed by atoms with Gasteiger partial charge in [0.1, 0.15) is 13.2 Å². The summed E-state index contributed by atoms with van der Waals surface area (Å²) in [5.74, 6) is 0.231. The second kappa shape index (κ2) is 9.09. The zero-order valence-corrected chi connectivity index (χ0v) is 17.1. The van der Waals surface area contributed by atoms with Crippen LogP contribution in [0.2, 0.25) is 0 Å². The van der Waals surface area contributed by atoms with Gasteiger partial charge in [0.05, 0.1) is 17.2 Å². The first-order valence-electron chi connectivity index (χ1n) is 9.19. The Kier molecular flexibility index (Phi) is 6.53. The van der Waals surface area contributed by atoms with Crippen molar-refractivity contribution in [1.82, 2.24) is 4.31 Å². The minimum absolute atomic E-state index is 0.101. The largest absolute Gasteiger partial charge is 0.486 e. The third kappa shape index (κ3) is 5.24.